The first kappa shape index (κ1) is 62.8. The number of hydrogen-bond acceptors (Lipinski definition) is 11. The van der Waals surface area contributed by atoms with Crippen LogP contribution in [0.3, 0.4) is 0 Å². The SMILES string of the molecule is C/C(Cl)=C/C1C(C(=O)OC(C#N)c2cccc(Oc3ccccc3)c2)C1(C)C.CC1(C)C(C=C(Br)Br)C1C(=O)OC(C#N)c1cccc(Oc2ccccc2)c1.CC1(C)C(C=C(Cl)Cl)C1C(=O)OCc1cccc(Oc2ccccc2)c1. The lowest BCUT2D eigenvalue weighted by Gasteiger charge is -2.13. The molecule has 0 bridgehead atoms. The number of carbonyl (C=O) groups excluding carboxylic acids is 3. The van der Waals surface area contributed by atoms with Gasteiger partial charge in [0.05, 0.1) is 21.1 Å². The van der Waals surface area contributed by atoms with Crippen molar-refractivity contribution in [3.63, 3.8) is 0 Å². The first-order chi connectivity index (χ1) is 39.0. The summed E-state index contributed by atoms with van der Waals surface area (Å²) >= 11 is 24.1. The molecule has 8 atom stereocenters. The van der Waals surface area contributed by atoms with Crippen LogP contribution in [0.1, 0.15) is 77.4 Å². The number of nitriles is 2. The molecule has 0 saturated heterocycles. The summed E-state index contributed by atoms with van der Waals surface area (Å²) in [6.45, 7) is 14.0. The highest BCUT2D eigenvalue weighted by atomic mass is 79.9. The molecule has 0 radical (unpaired) electrons. The van der Waals surface area contributed by atoms with E-state index < -0.39 is 12.2 Å². The highest BCUT2D eigenvalue weighted by Crippen LogP contribution is 2.62. The molecule has 3 aliphatic rings. The molecule has 3 saturated carbocycles. The predicted octanol–water partition coefficient (Wildman–Crippen LogP) is 18.6. The number of carbonyl (C=O) groups is 3. The maximum absolute atomic E-state index is 12.7. The van der Waals surface area contributed by atoms with Crippen LogP contribution in [0, 0.1) is 74.4 Å². The average Bonchev–Trinajstić information content (AvgIpc) is 3.74. The van der Waals surface area contributed by atoms with E-state index in [9.17, 15) is 24.9 Å². The summed E-state index contributed by atoms with van der Waals surface area (Å²) in [5, 5.41) is 19.8. The van der Waals surface area contributed by atoms with Crippen molar-refractivity contribution in [3.8, 4) is 46.6 Å². The number of allylic oxidation sites excluding steroid dienone is 4. The van der Waals surface area contributed by atoms with E-state index in [1.54, 1.807) is 61.5 Å². The lowest BCUT2D eigenvalue weighted by molar-refractivity contribution is -0.150. The molecule has 0 heterocycles. The minimum atomic E-state index is -0.995. The normalized spacial score (nSPS) is 20.6. The summed E-state index contributed by atoms with van der Waals surface area (Å²) in [6.07, 6.45) is 3.55. The minimum absolute atomic E-state index is 0.00717. The van der Waals surface area contributed by atoms with E-state index >= 15 is 0 Å². The number of benzene rings is 6. The number of ether oxygens (including phenoxy) is 6. The minimum Gasteiger partial charge on any atom is -0.461 e. The molecule has 424 valence electrons. The zero-order valence-electron chi connectivity index (χ0n) is 46.1. The molecule has 82 heavy (non-hydrogen) atoms. The Kier molecular flexibility index (Phi) is 21.4. The van der Waals surface area contributed by atoms with Crippen LogP contribution in [0.4, 0.5) is 0 Å². The maximum Gasteiger partial charge on any atom is 0.311 e. The molecule has 0 N–H and O–H groups in total. The van der Waals surface area contributed by atoms with E-state index in [4.69, 9.17) is 63.2 Å². The van der Waals surface area contributed by atoms with Gasteiger partial charge in [0, 0.05) is 16.2 Å². The third-order valence-electron chi connectivity index (χ3n) is 14.8. The van der Waals surface area contributed by atoms with Gasteiger partial charge in [0.2, 0.25) is 12.2 Å². The van der Waals surface area contributed by atoms with Gasteiger partial charge >= 0.3 is 17.9 Å². The van der Waals surface area contributed by atoms with Crippen LogP contribution < -0.4 is 14.2 Å². The molecule has 3 fully saturated rings. The summed E-state index contributed by atoms with van der Waals surface area (Å²) in [5.74, 6) is 2.28. The van der Waals surface area contributed by atoms with Crippen molar-refractivity contribution in [2.24, 2.45) is 51.8 Å². The number of esters is 3. The molecule has 9 rings (SSSR count). The van der Waals surface area contributed by atoms with Crippen LogP contribution >= 0.6 is 66.7 Å². The summed E-state index contributed by atoms with van der Waals surface area (Å²) in [7, 11) is 0. The zero-order valence-corrected chi connectivity index (χ0v) is 51.5. The quantitative estimate of drug-likeness (QED) is 0.0596. The standard InChI is InChI=1S/C23H22ClNO3.C22H19Br2NO3.C21H20Cl2O3/c1-15(24)12-19-21(23(19,2)3)22(26)28-20(14-25)16-8-7-11-18(13-16)27-17-9-5-4-6-10-17;1-22(2)17(12-19(23)24)20(22)21(26)28-18(13-25)14-7-6-10-16(11-14)27-15-8-4-3-5-9-15;1-21(2)17(12-18(22)23)19(21)20(24)25-13-14-7-6-10-16(11-14)26-15-8-4-3-5-9-15/h4-13,19-21H,1-3H3;3-12,17-18,20H,1-2H3;3-12,17,19H,13H2,1-2H3/b15-12-;;. The molecular formula is C66H61Br2Cl3N2O9. The highest BCUT2D eigenvalue weighted by Gasteiger charge is 2.63. The molecule has 16 heteroatoms. The first-order valence-corrected chi connectivity index (χ1v) is 29.0. The van der Waals surface area contributed by atoms with Gasteiger partial charge in [0.15, 0.2) is 0 Å². The largest absolute Gasteiger partial charge is 0.461 e. The molecule has 3 aliphatic carbocycles. The topological polar surface area (TPSA) is 154 Å². The van der Waals surface area contributed by atoms with Crippen LogP contribution in [0.5, 0.6) is 34.5 Å². The third-order valence-corrected chi connectivity index (χ3v) is 15.7. The van der Waals surface area contributed by atoms with Crippen molar-refractivity contribution in [1.82, 2.24) is 0 Å². The van der Waals surface area contributed by atoms with E-state index in [2.05, 4.69) is 44.0 Å². The molecule has 11 nitrogen and oxygen atoms in total. The molecule has 0 aliphatic heterocycles. The molecular weight excluding hydrogens is 1230 g/mol. The van der Waals surface area contributed by atoms with Crippen LogP contribution in [-0.4, -0.2) is 17.9 Å². The van der Waals surface area contributed by atoms with Crippen LogP contribution in [0.25, 0.3) is 0 Å². The van der Waals surface area contributed by atoms with Crippen molar-refractivity contribution >= 4 is 84.6 Å². The van der Waals surface area contributed by atoms with E-state index in [1.807, 2.05) is 169 Å². The van der Waals surface area contributed by atoms with Crippen molar-refractivity contribution < 1.29 is 42.8 Å². The number of para-hydroxylation sites is 3. The van der Waals surface area contributed by atoms with Gasteiger partial charge < -0.3 is 28.4 Å². The number of halogens is 5. The van der Waals surface area contributed by atoms with E-state index in [0.717, 1.165) is 14.7 Å². The smallest absolute Gasteiger partial charge is 0.311 e. The second kappa shape index (κ2) is 28.0. The third kappa shape index (κ3) is 16.9. The van der Waals surface area contributed by atoms with Gasteiger partial charge in [0.1, 0.15) is 57.7 Å². The summed E-state index contributed by atoms with van der Waals surface area (Å²) in [5.41, 5.74) is 1.39. The Morgan fingerprint density at radius 3 is 1.23 bits per heavy atom. The fourth-order valence-electron chi connectivity index (χ4n) is 9.85. The second-order valence-electron chi connectivity index (χ2n) is 21.7. The fraction of sp³-hybridized carbons (Fsp3) is 0.288. The van der Waals surface area contributed by atoms with Crippen molar-refractivity contribution in [2.45, 2.75) is 67.3 Å². The van der Waals surface area contributed by atoms with Gasteiger partial charge in [-0.05, 0) is 157 Å². The Balaban J connectivity index is 0.000000177. The molecule has 0 amide bonds. The van der Waals surface area contributed by atoms with Gasteiger partial charge in [0.25, 0.3) is 0 Å². The van der Waals surface area contributed by atoms with Gasteiger partial charge in [-0.15, -0.1) is 0 Å². The van der Waals surface area contributed by atoms with Gasteiger partial charge in [-0.2, -0.15) is 10.5 Å². The Morgan fingerprint density at radius 1 is 0.500 bits per heavy atom. The van der Waals surface area contributed by atoms with Gasteiger partial charge in [-0.25, -0.2) is 0 Å². The van der Waals surface area contributed by atoms with E-state index in [0.29, 0.717) is 44.9 Å². The number of nitrogens with zero attached hydrogens (tertiary/aromatic N) is 2. The lowest BCUT2D eigenvalue weighted by atomic mass is 10.1. The molecule has 6 aromatic rings. The number of rotatable bonds is 18. The predicted molar refractivity (Wildman–Crippen MR) is 325 cm³/mol. The zero-order chi connectivity index (χ0) is 59.4. The van der Waals surface area contributed by atoms with Crippen LogP contribution in [0.2, 0.25) is 0 Å². The molecule has 8 unspecified atom stereocenters. The fourth-order valence-corrected chi connectivity index (χ4v) is 10.8. The Labute approximate surface area is 511 Å². The van der Waals surface area contributed by atoms with Crippen LogP contribution in [-0.2, 0) is 35.2 Å². The first-order valence-electron chi connectivity index (χ1n) is 26.3. The average molecular weight is 1290 g/mol. The monoisotopic (exact) mass is 1290 g/mol. The summed E-state index contributed by atoms with van der Waals surface area (Å²) in [6, 6.07) is 54.0. The summed E-state index contributed by atoms with van der Waals surface area (Å²) in [4.78, 5) is 37.7. The summed E-state index contributed by atoms with van der Waals surface area (Å²) < 4.78 is 35.0. The lowest BCUT2D eigenvalue weighted by Crippen LogP contribution is -2.14. The Bertz CT molecular complexity index is 3230. The van der Waals surface area contributed by atoms with Crippen LogP contribution in [0.15, 0.2) is 195 Å². The van der Waals surface area contributed by atoms with Gasteiger partial charge in [-0.3, -0.25) is 14.4 Å². The van der Waals surface area contributed by atoms with E-state index in [1.165, 1.54) is 0 Å². The molecule has 0 spiro atoms. The number of hydrogen-bond donors (Lipinski definition) is 0. The van der Waals surface area contributed by atoms with Crippen molar-refractivity contribution in [3.05, 3.63) is 212 Å². The second-order valence-corrected chi connectivity index (χ2v) is 26.1. The Morgan fingerprint density at radius 2 is 0.854 bits per heavy atom. The molecule has 0 aromatic heterocycles. The van der Waals surface area contributed by atoms with Gasteiger partial charge in [-0.1, -0.05) is 179 Å². The maximum atomic E-state index is 12.7. The van der Waals surface area contributed by atoms with Crippen molar-refractivity contribution in [1.29, 1.82) is 10.5 Å². The van der Waals surface area contributed by atoms with E-state index in [-0.39, 0.29) is 80.8 Å². The molecule has 6 aromatic carbocycles. The highest BCUT2D eigenvalue weighted by molar-refractivity contribution is 9.28. The van der Waals surface area contributed by atoms with Crippen molar-refractivity contribution in [2.75, 3.05) is 0 Å². The Hall–Kier alpha value is -6.84.